The molecule has 0 heterocycles. The highest BCUT2D eigenvalue weighted by molar-refractivity contribution is 7.87. The minimum absolute atomic E-state index is 0.0884. The summed E-state index contributed by atoms with van der Waals surface area (Å²) in [4.78, 5) is 4.58. The van der Waals surface area contributed by atoms with Gasteiger partial charge in [0.1, 0.15) is 4.90 Å². The van der Waals surface area contributed by atoms with Crippen LogP contribution in [0.25, 0.3) is 0 Å². The van der Waals surface area contributed by atoms with Crippen LogP contribution in [0.15, 0.2) is 70.6 Å². The fourth-order valence-corrected chi connectivity index (χ4v) is 3.72. The van der Waals surface area contributed by atoms with Crippen molar-refractivity contribution in [1.29, 1.82) is 0 Å². The standard InChI is InChI=1S/C22H20ClNO3S/c1-15-7-10-20(11-8-15)28(25,26)27-22-12-9-19(23)13-18(22)14-24-21-6-4-5-16(2)17(21)3/h4-14H,1-3H3. The van der Waals surface area contributed by atoms with Crippen LogP contribution in [0.2, 0.25) is 5.02 Å². The Balaban J connectivity index is 1.96. The molecule has 0 N–H and O–H groups in total. The Labute approximate surface area is 170 Å². The first-order chi connectivity index (χ1) is 13.3. The quantitative estimate of drug-likeness (QED) is 0.393. The van der Waals surface area contributed by atoms with E-state index in [4.69, 9.17) is 15.8 Å². The van der Waals surface area contributed by atoms with Gasteiger partial charge in [-0.1, -0.05) is 41.4 Å². The zero-order valence-electron chi connectivity index (χ0n) is 15.8. The van der Waals surface area contributed by atoms with Gasteiger partial charge in [-0.05, 0) is 68.3 Å². The van der Waals surface area contributed by atoms with Gasteiger partial charge in [-0.3, -0.25) is 4.99 Å². The number of hydrogen-bond donors (Lipinski definition) is 0. The molecular weight excluding hydrogens is 394 g/mol. The third kappa shape index (κ3) is 4.61. The van der Waals surface area contributed by atoms with Crippen molar-refractivity contribution in [1.82, 2.24) is 0 Å². The average molecular weight is 414 g/mol. The molecule has 3 aromatic rings. The van der Waals surface area contributed by atoms with Gasteiger partial charge < -0.3 is 4.18 Å². The van der Waals surface area contributed by atoms with Crippen molar-refractivity contribution in [3.8, 4) is 5.75 Å². The van der Waals surface area contributed by atoms with Gasteiger partial charge in [-0.2, -0.15) is 8.42 Å². The molecule has 3 rings (SSSR count). The van der Waals surface area contributed by atoms with Gasteiger partial charge in [0, 0.05) is 16.8 Å². The average Bonchev–Trinajstić information content (AvgIpc) is 2.65. The second-order valence-corrected chi connectivity index (χ2v) is 8.49. The number of nitrogens with zero attached hydrogens (tertiary/aromatic N) is 1. The predicted octanol–water partition coefficient (Wildman–Crippen LogP) is 5.78. The summed E-state index contributed by atoms with van der Waals surface area (Å²) in [6, 6.07) is 17.0. The molecule has 3 aromatic carbocycles. The summed E-state index contributed by atoms with van der Waals surface area (Å²) in [6.07, 6.45) is 1.56. The Morgan fingerprint density at radius 3 is 2.39 bits per heavy atom. The van der Waals surface area contributed by atoms with Gasteiger partial charge in [0.15, 0.2) is 5.75 Å². The summed E-state index contributed by atoms with van der Waals surface area (Å²) in [5.74, 6) is 0.166. The Bertz CT molecular complexity index is 1140. The van der Waals surface area contributed by atoms with E-state index < -0.39 is 10.1 Å². The summed E-state index contributed by atoms with van der Waals surface area (Å²) in [5, 5.41) is 0.461. The van der Waals surface area contributed by atoms with Gasteiger partial charge in [0.25, 0.3) is 0 Å². The van der Waals surface area contributed by atoms with E-state index in [-0.39, 0.29) is 10.6 Å². The van der Waals surface area contributed by atoms with E-state index in [9.17, 15) is 8.42 Å². The SMILES string of the molecule is Cc1ccc(S(=O)(=O)Oc2ccc(Cl)cc2C=Nc2cccc(C)c2C)cc1. The molecule has 0 atom stereocenters. The second kappa shape index (κ2) is 8.17. The maximum absolute atomic E-state index is 12.6. The van der Waals surface area contributed by atoms with Crippen molar-refractivity contribution in [2.75, 3.05) is 0 Å². The van der Waals surface area contributed by atoms with E-state index in [1.54, 1.807) is 30.5 Å². The first kappa shape index (κ1) is 20.1. The van der Waals surface area contributed by atoms with Crippen LogP contribution in [0.3, 0.4) is 0 Å². The highest BCUT2D eigenvalue weighted by Crippen LogP contribution is 2.27. The highest BCUT2D eigenvalue weighted by Gasteiger charge is 2.18. The van der Waals surface area contributed by atoms with Crippen molar-refractivity contribution >= 4 is 33.6 Å². The number of hydrogen-bond acceptors (Lipinski definition) is 4. The first-order valence-electron chi connectivity index (χ1n) is 8.67. The van der Waals surface area contributed by atoms with Crippen LogP contribution >= 0.6 is 11.6 Å². The fourth-order valence-electron chi connectivity index (χ4n) is 2.58. The van der Waals surface area contributed by atoms with E-state index in [0.29, 0.717) is 10.6 Å². The van der Waals surface area contributed by atoms with Crippen molar-refractivity contribution in [3.63, 3.8) is 0 Å². The predicted molar refractivity (Wildman–Crippen MR) is 114 cm³/mol. The molecule has 0 unspecified atom stereocenters. The molecule has 6 heteroatoms. The smallest absolute Gasteiger partial charge is 0.339 e. The minimum Gasteiger partial charge on any atom is -0.378 e. The topological polar surface area (TPSA) is 55.7 Å². The molecular formula is C22H20ClNO3S. The molecule has 0 aromatic heterocycles. The molecule has 0 aliphatic carbocycles. The summed E-state index contributed by atoms with van der Waals surface area (Å²) in [7, 11) is -3.97. The van der Waals surface area contributed by atoms with Gasteiger partial charge in [-0.15, -0.1) is 0 Å². The Hall–Kier alpha value is -2.63. The molecule has 28 heavy (non-hydrogen) atoms. The lowest BCUT2D eigenvalue weighted by molar-refractivity contribution is 0.485. The number of aliphatic imine (C=N–C) groups is 1. The summed E-state index contributed by atoms with van der Waals surface area (Å²) < 4.78 is 30.6. The number of benzene rings is 3. The molecule has 0 fully saturated rings. The molecule has 0 saturated carbocycles. The van der Waals surface area contributed by atoms with Crippen LogP contribution in [-0.2, 0) is 10.1 Å². The molecule has 0 spiro atoms. The van der Waals surface area contributed by atoms with E-state index in [0.717, 1.165) is 22.4 Å². The number of aryl methyl sites for hydroxylation is 2. The lowest BCUT2D eigenvalue weighted by atomic mass is 10.1. The van der Waals surface area contributed by atoms with Crippen LogP contribution in [0, 0.1) is 20.8 Å². The van der Waals surface area contributed by atoms with Crippen molar-refractivity contribution in [2.45, 2.75) is 25.7 Å². The zero-order valence-corrected chi connectivity index (χ0v) is 17.4. The largest absolute Gasteiger partial charge is 0.378 e. The molecule has 4 nitrogen and oxygen atoms in total. The molecule has 144 valence electrons. The summed E-state index contributed by atoms with van der Waals surface area (Å²) >= 11 is 6.09. The highest BCUT2D eigenvalue weighted by atomic mass is 35.5. The van der Waals surface area contributed by atoms with Gasteiger partial charge in [-0.25, -0.2) is 0 Å². The monoisotopic (exact) mass is 413 g/mol. The third-order valence-corrected chi connectivity index (χ3v) is 5.88. The Morgan fingerprint density at radius 1 is 0.964 bits per heavy atom. The fraction of sp³-hybridized carbons (Fsp3) is 0.136. The molecule has 0 aliphatic rings. The third-order valence-electron chi connectivity index (χ3n) is 4.40. The van der Waals surface area contributed by atoms with E-state index >= 15 is 0 Å². The van der Waals surface area contributed by atoms with Crippen LogP contribution in [0.5, 0.6) is 5.75 Å². The first-order valence-corrected chi connectivity index (χ1v) is 10.5. The molecule has 0 aliphatic heterocycles. The number of rotatable bonds is 5. The number of halogens is 1. The Morgan fingerprint density at radius 2 is 1.68 bits per heavy atom. The molecule has 0 bridgehead atoms. The molecule has 0 saturated heterocycles. The lowest BCUT2D eigenvalue weighted by Gasteiger charge is -2.10. The zero-order chi connectivity index (χ0) is 20.3. The lowest BCUT2D eigenvalue weighted by Crippen LogP contribution is -2.11. The van der Waals surface area contributed by atoms with Gasteiger partial charge in [0.2, 0.25) is 0 Å². The van der Waals surface area contributed by atoms with Crippen LogP contribution < -0.4 is 4.18 Å². The summed E-state index contributed by atoms with van der Waals surface area (Å²) in [5.41, 5.74) is 4.41. The molecule has 0 amide bonds. The van der Waals surface area contributed by atoms with E-state index in [2.05, 4.69) is 4.99 Å². The maximum atomic E-state index is 12.6. The van der Waals surface area contributed by atoms with Crippen LogP contribution in [-0.4, -0.2) is 14.6 Å². The second-order valence-electron chi connectivity index (χ2n) is 6.51. The van der Waals surface area contributed by atoms with Crippen LogP contribution in [0.4, 0.5) is 5.69 Å². The summed E-state index contributed by atoms with van der Waals surface area (Å²) in [6.45, 7) is 5.88. The maximum Gasteiger partial charge on any atom is 0.339 e. The Kier molecular flexibility index (Phi) is 5.87. The molecule has 0 radical (unpaired) electrons. The van der Waals surface area contributed by atoms with Gasteiger partial charge in [0.05, 0.1) is 5.69 Å². The minimum atomic E-state index is -3.97. The van der Waals surface area contributed by atoms with Crippen LogP contribution in [0.1, 0.15) is 22.3 Å². The van der Waals surface area contributed by atoms with E-state index in [1.807, 2.05) is 39.0 Å². The van der Waals surface area contributed by atoms with Crippen molar-refractivity contribution in [3.05, 3.63) is 87.9 Å². The normalized spacial score (nSPS) is 11.7. The van der Waals surface area contributed by atoms with Crippen molar-refractivity contribution in [2.24, 2.45) is 4.99 Å². The van der Waals surface area contributed by atoms with Gasteiger partial charge >= 0.3 is 10.1 Å². The van der Waals surface area contributed by atoms with E-state index in [1.165, 1.54) is 18.2 Å². The van der Waals surface area contributed by atoms with Crippen molar-refractivity contribution < 1.29 is 12.6 Å².